The van der Waals surface area contributed by atoms with Gasteiger partial charge in [0, 0.05) is 24.0 Å². The summed E-state index contributed by atoms with van der Waals surface area (Å²) in [5.41, 5.74) is 0.884. The van der Waals surface area contributed by atoms with E-state index in [1.54, 1.807) is 0 Å². The maximum atomic E-state index is 11.9. The van der Waals surface area contributed by atoms with Crippen LogP contribution in [0, 0.1) is 6.92 Å². The van der Waals surface area contributed by atoms with Crippen LogP contribution in [0.5, 0.6) is 0 Å². The van der Waals surface area contributed by atoms with Crippen LogP contribution in [0.25, 0.3) is 0 Å². The van der Waals surface area contributed by atoms with E-state index in [0.29, 0.717) is 0 Å². The first-order valence-corrected chi connectivity index (χ1v) is 6.71. The van der Waals surface area contributed by atoms with E-state index < -0.39 is 24.1 Å². The van der Waals surface area contributed by atoms with Crippen molar-refractivity contribution in [2.75, 3.05) is 6.54 Å². The number of carboxylic acid groups (broad SMARTS) is 1. The van der Waals surface area contributed by atoms with Gasteiger partial charge in [-0.05, 0) is 6.92 Å². The first kappa shape index (κ1) is 13.8. The quantitative estimate of drug-likeness (QED) is 0.735. The molecule has 1 saturated heterocycles. The summed E-state index contributed by atoms with van der Waals surface area (Å²) >= 11 is 1.43. The SMILES string of the molecule is Cc1csc(CNC(=O)N2C[C@@H](O)C[C@H]2C(=O)O)n1. The monoisotopic (exact) mass is 285 g/mol. The molecule has 0 aromatic carbocycles. The first-order chi connectivity index (χ1) is 8.97. The van der Waals surface area contributed by atoms with Gasteiger partial charge in [0.1, 0.15) is 11.0 Å². The molecule has 104 valence electrons. The van der Waals surface area contributed by atoms with E-state index in [1.165, 1.54) is 11.3 Å². The number of aromatic nitrogens is 1. The zero-order chi connectivity index (χ0) is 14.0. The molecule has 0 bridgehead atoms. The minimum Gasteiger partial charge on any atom is -0.480 e. The number of aliphatic hydroxyl groups excluding tert-OH is 1. The lowest BCUT2D eigenvalue weighted by Crippen LogP contribution is -2.45. The molecule has 0 saturated carbocycles. The molecule has 0 spiro atoms. The number of rotatable bonds is 3. The number of carboxylic acids is 1. The molecule has 2 heterocycles. The molecule has 3 N–H and O–H groups in total. The number of thiazole rings is 1. The molecular formula is C11H15N3O4S. The molecule has 19 heavy (non-hydrogen) atoms. The van der Waals surface area contributed by atoms with Gasteiger partial charge in [-0.25, -0.2) is 14.6 Å². The maximum Gasteiger partial charge on any atom is 0.326 e. The smallest absolute Gasteiger partial charge is 0.326 e. The third-order valence-corrected chi connectivity index (χ3v) is 3.85. The molecule has 2 atom stereocenters. The second-order valence-corrected chi connectivity index (χ2v) is 5.38. The number of nitrogens with zero attached hydrogens (tertiary/aromatic N) is 2. The van der Waals surface area contributed by atoms with Gasteiger partial charge in [-0.3, -0.25) is 0 Å². The van der Waals surface area contributed by atoms with Crippen LogP contribution in [-0.2, 0) is 11.3 Å². The van der Waals surface area contributed by atoms with E-state index in [-0.39, 0.29) is 19.5 Å². The molecule has 1 aromatic heterocycles. The van der Waals surface area contributed by atoms with Gasteiger partial charge in [-0.2, -0.15) is 0 Å². The van der Waals surface area contributed by atoms with Crippen molar-refractivity contribution in [2.24, 2.45) is 0 Å². The fourth-order valence-electron chi connectivity index (χ4n) is 2.01. The van der Waals surface area contributed by atoms with Crippen molar-refractivity contribution in [1.82, 2.24) is 15.2 Å². The highest BCUT2D eigenvalue weighted by Gasteiger charge is 2.38. The summed E-state index contributed by atoms with van der Waals surface area (Å²) in [6.45, 7) is 2.16. The Labute approximate surface area is 113 Å². The number of β-amino-alcohol motifs (C(OH)–C–C–N with tert-alkyl or cyclic N) is 1. The van der Waals surface area contributed by atoms with Crippen molar-refractivity contribution in [3.05, 3.63) is 16.1 Å². The predicted molar refractivity (Wildman–Crippen MR) is 67.8 cm³/mol. The standard InChI is InChI=1S/C11H15N3O4S/c1-6-5-19-9(13-6)3-12-11(18)14-4-7(15)2-8(14)10(16)17/h5,7-8,15H,2-4H2,1H3,(H,12,18)(H,16,17)/t7-,8-/m0/s1. The normalized spacial score (nSPS) is 22.5. The largest absolute Gasteiger partial charge is 0.480 e. The molecule has 1 aliphatic heterocycles. The van der Waals surface area contributed by atoms with Gasteiger partial charge in [0.15, 0.2) is 0 Å². The summed E-state index contributed by atoms with van der Waals surface area (Å²) in [5, 5.41) is 23.7. The number of carbonyl (C=O) groups excluding carboxylic acids is 1. The lowest BCUT2D eigenvalue weighted by atomic mass is 10.2. The van der Waals surface area contributed by atoms with Crippen LogP contribution in [-0.4, -0.2) is 50.8 Å². The number of urea groups is 1. The van der Waals surface area contributed by atoms with Gasteiger partial charge in [0.25, 0.3) is 0 Å². The summed E-state index contributed by atoms with van der Waals surface area (Å²) in [5.74, 6) is -1.10. The van der Waals surface area contributed by atoms with Crippen LogP contribution >= 0.6 is 11.3 Å². The highest BCUT2D eigenvalue weighted by molar-refractivity contribution is 7.09. The highest BCUT2D eigenvalue weighted by atomic mass is 32.1. The van der Waals surface area contributed by atoms with Crippen molar-refractivity contribution >= 4 is 23.3 Å². The number of hydrogen-bond acceptors (Lipinski definition) is 5. The number of amides is 2. The Morgan fingerprint density at radius 1 is 1.63 bits per heavy atom. The summed E-state index contributed by atoms with van der Waals surface area (Å²) in [4.78, 5) is 28.2. The van der Waals surface area contributed by atoms with E-state index in [9.17, 15) is 14.7 Å². The molecular weight excluding hydrogens is 270 g/mol. The van der Waals surface area contributed by atoms with Crippen molar-refractivity contribution < 1.29 is 19.8 Å². The van der Waals surface area contributed by atoms with Gasteiger partial charge in [-0.15, -0.1) is 11.3 Å². The van der Waals surface area contributed by atoms with Crippen molar-refractivity contribution in [2.45, 2.75) is 32.0 Å². The topological polar surface area (TPSA) is 103 Å². The van der Waals surface area contributed by atoms with Gasteiger partial charge >= 0.3 is 12.0 Å². The molecule has 1 aliphatic rings. The zero-order valence-corrected chi connectivity index (χ0v) is 11.2. The summed E-state index contributed by atoms with van der Waals surface area (Å²) < 4.78 is 0. The molecule has 8 heteroatoms. The van der Waals surface area contributed by atoms with Crippen LogP contribution in [0.4, 0.5) is 4.79 Å². The molecule has 7 nitrogen and oxygen atoms in total. The van der Waals surface area contributed by atoms with Gasteiger partial charge < -0.3 is 20.4 Å². The second kappa shape index (κ2) is 5.54. The van der Waals surface area contributed by atoms with Gasteiger partial charge in [0.2, 0.25) is 0 Å². The average molecular weight is 285 g/mol. The minimum atomic E-state index is -1.10. The molecule has 1 aromatic rings. The van der Waals surface area contributed by atoms with Crippen LogP contribution in [0.15, 0.2) is 5.38 Å². The summed E-state index contributed by atoms with van der Waals surface area (Å²) in [6.07, 6.45) is -0.715. The zero-order valence-electron chi connectivity index (χ0n) is 10.4. The van der Waals surface area contributed by atoms with E-state index in [2.05, 4.69) is 10.3 Å². The Bertz CT molecular complexity index is 490. The van der Waals surface area contributed by atoms with Crippen molar-refractivity contribution in [3.63, 3.8) is 0 Å². The van der Waals surface area contributed by atoms with Crippen LogP contribution in [0.2, 0.25) is 0 Å². The fourth-order valence-corrected chi connectivity index (χ4v) is 2.72. The number of likely N-dealkylation sites (tertiary alicyclic amines) is 1. The third-order valence-electron chi connectivity index (χ3n) is 2.88. The van der Waals surface area contributed by atoms with Crippen molar-refractivity contribution in [1.29, 1.82) is 0 Å². The maximum absolute atomic E-state index is 11.9. The first-order valence-electron chi connectivity index (χ1n) is 5.83. The number of hydrogen-bond donors (Lipinski definition) is 3. The minimum absolute atomic E-state index is 0.0414. The number of aliphatic carboxylic acids is 1. The van der Waals surface area contributed by atoms with Crippen LogP contribution in [0.1, 0.15) is 17.1 Å². The molecule has 0 radical (unpaired) electrons. The number of aryl methyl sites for hydroxylation is 1. The van der Waals surface area contributed by atoms with Crippen LogP contribution in [0.3, 0.4) is 0 Å². The summed E-state index contributed by atoms with van der Waals surface area (Å²) in [7, 11) is 0. The number of carbonyl (C=O) groups is 2. The molecule has 0 aliphatic carbocycles. The highest BCUT2D eigenvalue weighted by Crippen LogP contribution is 2.18. The number of nitrogens with one attached hydrogen (secondary N) is 1. The Hall–Kier alpha value is -1.67. The van der Waals surface area contributed by atoms with Gasteiger partial charge in [0.05, 0.1) is 12.6 Å². The lowest BCUT2D eigenvalue weighted by molar-refractivity contribution is -0.141. The van der Waals surface area contributed by atoms with E-state index in [4.69, 9.17) is 5.11 Å². The molecule has 2 rings (SSSR count). The van der Waals surface area contributed by atoms with Crippen LogP contribution < -0.4 is 5.32 Å². The van der Waals surface area contributed by atoms with Gasteiger partial charge in [-0.1, -0.05) is 0 Å². The van der Waals surface area contributed by atoms with E-state index in [1.807, 2.05) is 12.3 Å². The second-order valence-electron chi connectivity index (χ2n) is 4.44. The summed E-state index contributed by atoms with van der Waals surface area (Å²) in [6, 6.07) is -1.45. The third kappa shape index (κ3) is 3.21. The van der Waals surface area contributed by atoms with E-state index >= 15 is 0 Å². The average Bonchev–Trinajstić information content (AvgIpc) is 2.92. The predicted octanol–water partition coefficient (Wildman–Crippen LogP) is 0.181. The Kier molecular flexibility index (Phi) is 4.01. The fraction of sp³-hybridized carbons (Fsp3) is 0.545. The Balaban J connectivity index is 1.93. The van der Waals surface area contributed by atoms with Crippen molar-refractivity contribution in [3.8, 4) is 0 Å². The Morgan fingerprint density at radius 2 is 2.37 bits per heavy atom. The van der Waals surface area contributed by atoms with E-state index in [0.717, 1.165) is 15.6 Å². The molecule has 0 unspecified atom stereocenters. The molecule has 1 fully saturated rings. The molecule has 2 amide bonds. The lowest BCUT2D eigenvalue weighted by Gasteiger charge is -2.21. The Morgan fingerprint density at radius 3 is 2.95 bits per heavy atom. The number of aliphatic hydroxyl groups is 1.